The number of nitrogens with one attached hydrogen (secondary N) is 1. The van der Waals surface area contributed by atoms with E-state index in [0.29, 0.717) is 6.54 Å². The van der Waals surface area contributed by atoms with Crippen molar-refractivity contribution in [3.63, 3.8) is 0 Å². The fourth-order valence-electron chi connectivity index (χ4n) is 3.73. The quantitative estimate of drug-likeness (QED) is 0.745. The van der Waals surface area contributed by atoms with Crippen LogP contribution in [0.15, 0.2) is 66.9 Å². The molecule has 4 rings (SSSR count). The molecule has 144 valence electrons. The van der Waals surface area contributed by atoms with Crippen molar-refractivity contribution in [1.82, 2.24) is 15.2 Å². The van der Waals surface area contributed by atoms with Gasteiger partial charge in [0.25, 0.3) is 0 Å². The Balaban J connectivity index is 1.29. The molecule has 0 spiro atoms. The van der Waals surface area contributed by atoms with Crippen LogP contribution < -0.4 is 10.2 Å². The standard InChI is InChI=1S/C23H26N4O/c1-18(20-10-9-19-6-2-3-7-21(19)16-20)25-23(28)17-26-12-14-27(15-13-26)22-8-4-5-11-24-22/h2-11,16,18H,12-15,17H2,1H3,(H,25,28)/t18-/m1/s1. The molecule has 1 saturated heterocycles. The van der Waals surface area contributed by atoms with Crippen LogP contribution in [0.2, 0.25) is 0 Å². The monoisotopic (exact) mass is 374 g/mol. The number of fused-ring (bicyclic) bond motifs is 1. The first-order valence-corrected chi connectivity index (χ1v) is 9.85. The molecule has 1 N–H and O–H groups in total. The van der Waals surface area contributed by atoms with Crippen LogP contribution in [0.4, 0.5) is 5.82 Å². The summed E-state index contributed by atoms with van der Waals surface area (Å²) < 4.78 is 0. The topological polar surface area (TPSA) is 48.5 Å². The van der Waals surface area contributed by atoms with Crippen molar-refractivity contribution in [2.75, 3.05) is 37.6 Å². The lowest BCUT2D eigenvalue weighted by Crippen LogP contribution is -2.49. The van der Waals surface area contributed by atoms with Gasteiger partial charge in [-0.05, 0) is 41.5 Å². The summed E-state index contributed by atoms with van der Waals surface area (Å²) in [6.07, 6.45) is 1.82. The highest BCUT2D eigenvalue weighted by atomic mass is 16.2. The van der Waals surface area contributed by atoms with E-state index in [1.54, 1.807) is 0 Å². The second-order valence-electron chi connectivity index (χ2n) is 7.35. The van der Waals surface area contributed by atoms with Crippen LogP contribution in [0.5, 0.6) is 0 Å². The van der Waals surface area contributed by atoms with E-state index in [1.807, 2.05) is 43.5 Å². The number of benzene rings is 2. The number of piperazine rings is 1. The highest BCUT2D eigenvalue weighted by molar-refractivity contribution is 5.83. The van der Waals surface area contributed by atoms with Gasteiger partial charge in [0.2, 0.25) is 5.91 Å². The highest BCUT2D eigenvalue weighted by Gasteiger charge is 2.20. The maximum absolute atomic E-state index is 12.5. The Bertz CT molecular complexity index is 935. The molecule has 5 nitrogen and oxygen atoms in total. The number of pyridine rings is 1. The number of amides is 1. The van der Waals surface area contributed by atoms with Gasteiger partial charge in [-0.25, -0.2) is 4.98 Å². The zero-order chi connectivity index (χ0) is 19.3. The third kappa shape index (κ3) is 4.31. The Hall–Kier alpha value is -2.92. The summed E-state index contributed by atoms with van der Waals surface area (Å²) in [4.78, 5) is 21.4. The summed E-state index contributed by atoms with van der Waals surface area (Å²) >= 11 is 0. The first-order valence-electron chi connectivity index (χ1n) is 9.85. The first-order chi connectivity index (χ1) is 13.7. The normalized spacial score (nSPS) is 16.1. The molecule has 2 aromatic carbocycles. The van der Waals surface area contributed by atoms with E-state index in [9.17, 15) is 4.79 Å². The summed E-state index contributed by atoms with van der Waals surface area (Å²) in [5.74, 6) is 1.09. The molecule has 1 aromatic heterocycles. The van der Waals surface area contributed by atoms with E-state index in [1.165, 1.54) is 10.8 Å². The Morgan fingerprint density at radius 1 is 1.00 bits per heavy atom. The summed E-state index contributed by atoms with van der Waals surface area (Å²) in [7, 11) is 0. The van der Waals surface area contributed by atoms with E-state index >= 15 is 0 Å². The largest absolute Gasteiger partial charge is 0.354 e. The predicted octanol–water partition coefficient (Wildman–Crippen LogP) is 3.23. The number of aromatic nitrogens is 1. The third-order valence-electron chi connectivity index (χ3n) is 5.36. The number of carbonyl (C=O) groups is 1. The van der Waals surface area contributed by atoms with Gasteiger partial charge in [0.15, 0.2) is 0 Å². The molecule has 1 aliphatic heterocycles. The summed E-state index contributed by atoms with van der Waals surface area (Å²) in [6.45, 7) is 6.01. The number of hydrogen-bond donors (Lipinski definition) is 1. The van der Waals surface area contributed by atoms with Crippen LogP contribution >= 0.6 is 0 Å². The number of hydrogen-bond acceptors (Lipinski definition) is 4. The zero-order valence-corrected chi connectivity index (χ0v) is 16.2. The van der Waals surface area contributed by atoms with Crippen molar-refractivity contribution in [2.45, 2.75) is 13.0 Å². The average Bonchev–Trinajstić information content (AvgIpc) is 2.74. The second-order valence-corrected chi connectivity index (χ2v) is 7.35. The fraction of sp³-hybridized carbons (Fsp3) is 0.304. The molecular weight excluding hydrogens is 348 g/mol. The van der Waals surface area contributed by atoms with Crippen LogP contribution in [0.25, 0.3) is 10.8 Å². The van der Waals surface area contributed by atoms with Crippen LogP contribution in [-0.4, -0.2) is 48.5 Å². The molecule has 28 heavy (non-hydrogen) atoms. The number of nitrogens with zero attached hydrogens (tertiary/aromatic N) is 3. The number of rotatable bonds is 5. The van der Waals surface area contributed by atoms with Gasteiger partial charge in [-0.2, -0.15) is 0 Å². The summed E-state index contributed by atoms with van der Waals surface area (Å²) in [5.41, 5.74) is 1.13. The van der Waals surface area contributed by atoms with Gasteiger partial charge in [-0.1, -0.05) is 42.5 Å². The minimum atomic E-state index is -0.00749. The molecule has 1 aliphatic rings. The molecule has 1 fully saturated rings. The third-order valence-corrected chi connectivity index (χ3v) is 5.36. The Kier molecular flexibility index (Phi) is 5.53. The Morgan fingerprint density at radius 3 is 2.50 bits per heavy atom. The lowest BCUT2D eigenvalue weighted by Gasteiger charge is -2.35. The molecule has 2 heterocycles. The van der Waals surface area contributed by atoms with Crippen molar-refractivity contribution in [3.05, 3.63) is 72.4 Å². The van der Waals surface area contributed by atoms with Crippen LogP contribution in [0, 0.1) is 0 Å². The van der Waals surface area contributed by atoms with Gasteiger partial charge in [0, 0.05) is 32.4 Å². The van der Waals surface area contributed by atoms with Crippen LogP contribution in [-0.2, 0) is 4.79 Å². The lowest BCUT2D eigenvalue weighted by atomic mass is 10.0. The lowest BCUT2D eigenvalue weighted by molar-refractivity contribution is -0.123. The molecule has 1 atom stereocenters. The van der Waals surface area contributed by atoms with Gasteiger partial charge in [-0.15, -0.1) is 0 Å². The van der Waals surface area contributed by atoms with E-state index < -0.39 is 0 Å². The SMILES string of the molecule is C[C@@H](NC(=O)CN1CCN(c2ccccn2)CC1)c1ccc2ccccc2c1. The smallest absolute Gasteiger partial charge is 0.234 e. The fourth-order valence-corrected chi connectivity index (χ4v) is 3.73. The van der Waals surface area contributed by atoms with Crippen molar-refractivity contribution in [3.8, 4) is 0 Å². The maximum atomic E-state index is 12.5. The predicted molar refractivity (Wildman–Crippen MR) is 113 cm³/mol. The van der Waals surface area contributed by atoms with Gasteiger partial charge >= 0.3 is 0 Å². The van der Waals surface area contributed by atoms with Crippen molar-refractivity contribution < 1.29 is 4.79 Å². The van der Waals surface area contributed by atoms with Gasteiger partial charge in [0.1, 0.15) is 5.82 Å². The molecule has 0 bridgehead atoms. The number of anilines is 1. The number of carbonyl (C=O) groups excluding carboxylic acids is 1. The van der Waals surface area contributed by atoms with Gasteiger partial charge in [-0.3, -0.25) is 9.69 Å². The van der Waals surface area contributed by atoms with Gasteiger partial charge in [0.05, 0.1) is 12.6 Å². The van der Waals surface area contributed by atoms with Crippen molar-refractivity contribution in [2.24, 2.45) is 0 Å². The van der Waals surface area contributed by atoms with E-state index in [4.69, 9.17) is 0 Å². The minimum absolute atomic E-state index is 0.00749. The van der Waals surface area contributed by atoms with Crippen molar-refractivity contribution >= 4 is 22.5 Å². The molecule has 0 aliphatic carbocycles. The molecule has 0 saturated carbocycles. The molecule has 1 amide bonds. The first kappa shape index (κ1) is 18.4. The highest BCUT2D eigenvalue weighted by Crippen LogP contribution is 2.20. The van der Waals surface area contributed by atoms with E-state index in [0.717, 1.165) is 37.6 Å². The maximum Gasteiger partial charge on any atom is 0.234 e. The van der Waals surface area contributed by atoms with Crippen LogP contribution in [0.3, 0.4) is 0 Å². The summed E-state index contributed by atoms with van der Waals surface area (Å²) in [5, 5.41) is 5.56. The van der Waals surface area contributed by atoms with Crippen LogP contribution in [0.1, 0.15) is 18.5 Å². The molecule has 0 unspecified atom stereocenters. The Morgan fingerprint density at radius 2 is 1.75 bits per heavy atom. The minimum Gasteiger partial charge on any atom is -0.354 e. The second kappa shape index (κ2) is 8.40. The molecular formula is C23H26N4O. The summed E-state index contributed by atoms with van der Waals surface area (Å²) in [6, 6.07) is 20.6. The molecule has 5 heteroatoms. The average molecular weight is 374 g/mol. The van der Waals surface area contributed by atoms with E-state index in [2.05, 4.69) is 50.4 Å². The molecule has 3 aromatic rings. The van der Waals surface area contributed by atoms with Gasteiger partial charge < -0.3 is 10.2 Å². The van der Waals surface area contributed by atoms with E-state index in [-0.39, 0.29) is 11.9 Å². The zero-order valence-electron chi connectivity index (χ0n) is 16.2. The Labute approximate surface area is 166 Å². The van der Waals surface area contributed by atoms with Crippen molar-refractivity contribution in [1.29, 1.82) is 0 Å². The molecule has 0 radical (unpaired) electrons.